The molecule has 5 nitrogen and oxygen atoms in total. The zero-order valence-corrected chi connectivity index (χ0v) is 13.9. The van der Waals surface area contributed by atoms with Gasteiger partial charge < -0.3 is 5.32 Å². The number of aromatic nitrogens is 2. The number of anilines is 1. The summed E-state index contributed by atoms with van der Waals surface area (Å²) in [7, 11) is 0. The highest BCUT2D eigenvalue weighted by atomic mass is 32.2. The molecule has 1 saturated carbocycles. The predicted octanol–water partition coefficient (Wildman–Crippen LogP) is 3.21. The zero-order valence-electron chi connectivity index (χ0n) is 13.0. The maximum Gasteiger partial charge on any atom is 0.270 e. The molecule has 1 aromatic heterocycles. The first kappa shape index (κ1) is 15.5. The average Bonchev–Trinajstić information content (AvgIpc) is 3.15. The summed E-state index contributed by atoms with van der Waals surface area (Å²) in [6, 6.07) is 6.63. The van der Waals surface area contributed by atoms with E-state index in [1.165, 1.54) is 17.8 Å². The number of hydrogen-bond donors (Lipinski definition) is 2. The minimum absolute atomic E-state index is 0.161. The Hall–Kier alpha value is -2.02. The smallest absolute Gasteiger partial charge is 0.270 e. The second-order valence-corrected chi connectivity index (χ2v) is 7.37. The molecule has 1 amide bonds. The van der Waals surface area contributed by atoms with Crippen LogP contribution in [0.3, 0.4) is 0 Å². The van der Waals surface area contributed by atoms with Crippen molar-refractivity contribution in [3.8, 4) is 0 Å². The van der Waals surface area contributed by atoms with Gasteiger partial charge >= 0.3 is 0 Å². The lowest BCUT2D eigenvalue weighted by Gasteiger charge is -2.17. The highest BCUT2D eigenvalue weighted by Crippen LogP contribution is 2.42. The highest BCUT2D eigenvalue weighted by Gasteiger charge is 2.33. The number of benzene rings is 1. The molecule has 1 aliphatic heterocycles. The van der Waals surface area contributed by atoms with Crippen LogP contribution >= 0.6 is 11.8 Å². The predicted molar refractivity (Wildman–Crippen MR) is 91.9 cm³/mol. The van der Waals surface area contributed by atoms with Gasteiger partial charge in [-0.2, -0.15) is 0 Å². The lowest BCUT2D eigenvalue weighted by molar-refractivity contribution is -0.113. The van der Waals surface area contributed by atoms with Crippen LogP contribution in [-0.4, -0.2) is 21.4 Å². The van der Waals surface area contributed by atoms with E-state index >= 15 is 0 Å². The van der Waals surface area contributed by atoms with Crippen molar-refractivity contribution in [2.45, 2.75) is 37.0 Å². The number of thioether (sulfide) groups is 1. The van der Waals surface area contributed by atoms with E-state index in [1.54, 1.807) is 22.9 Å². The van der Waals surface area contributed by atoms with Crippen molar-refractivity contribution in [2.24, 2.45) is 0 Å². The molecular weight excluding hydrogens is 329 g/mol. The Bertz CT molecular complexity index is 839. The normalized spacial score (nSPS) is 21.4. The summed E-state index contributed by atoms with van der Waals surface area (Å²) in [6.07, 6.45) is 4.17. The van der Waals surface area contributed by atoms with Crippen molar-refractivity contribution in [2.75, 3.05) is 11.1 Å². The van der Waals surface area contributed by atoms with E-state index in [9.17, 15) is 14.0 Å². The van der Waals surface area contributed by atoms with Gasteiger partial charge in [-0.3, -0.25) is 19.4 Å². The molecule has 2 aliphatic rings. The zero-order chi connectivity index (χ0) is 16.7. The Morgan fingerprint density at radius 1 is 1.17 bits per heavy atom. The fraction of sp³-hybridized carbons (Fsp3) is 0.412. The number of rotatable bonds is 2. The summed E-state index contributed by atoms with van der Waals surface area (Å²) < 4.78 is 16.1. The quantitative estimate of drug-likeness (QED) is 0.877. The standard InChI is InChI=1S/C17H18FN3O2S/c18-12-8-4-3-7-11(12)15-14-16(19-13(22)9-24-15)21(20-17(14)23)10-5-1-2-6-10/h3-4,7-8,10,15H,1-2,5-6,9H2,(H,19,22)(H,20,23). The van der Waals surface area contributed by atoms with Gasteiger partial charge in [0.25, 0.3) is 5.56 Å². The van der Waals surface area contributed by atoms with Crippen molar-refractivity contribution in [3.05, 3.63) is 51.6 Å². The van der Waals surface area contributed by atoms with Gasteiger partial charge in [0.05, 0.1) is 22.6 Å². The van der Waals surface area contributed by atoms with Crippen molar-refractivity contribution in [1.29, 1.82) is 0 Å². The molecule has 0 radical (unpaired) electrons. The number of halogens is 1. The van der Waals surface area contributed by atoms with Gasteiger partial charge in [-0.15, -0.1) is 11.8 Å². The molecule has 0 spiro atoms. The summed E-state index contributed by atoms with van der Waals surface area (Å²) in [4.78, 5) is 24.8. The van der Waals surface area contributed by atoms with E-state index in [0.29, 0.717) is 16.9 Å². The molecule has 0 bridgehead atoms. The first-order valence-corrected chi connectivity index (χ1v) is 9.20. The molecule has 2 aromatic rings. The molecule has 0 saturated heterocycles. The van der Waals surface area contributed by atoms with Crippen LogP contribution in [0.4, 0.5) is 10.2 Å². The molecule has 2 N–H and O–H groups in total. The number of aromatic amines is 1. The number of amides is 1. The SMILES string of the molecule is O=C1CSC(c2ccccc2F)c2c(n(C3CCCC3)[nH]c2=O)N1. The molecule has 1 fully saturated rings. The summed E-state index contributed by atoms with van der Waals surface area (Å²) in [5, 5.41) is 5.24. The average molecular weight is 347 g/mol. The van der Waals surface area contributed by atoms with Crippen molar-refractivity contribution >= 4 is 23.5 Å². The van der Waals surface area contributed by atoms with Gasteiger partial charge in [0.15, 0.2) is 0 Å². The Morgan fingerprint density at radius 3 is 2.67 bits per heavy atom. The summed E-state index contributed by atoms with van der Waals surface area (Å²) in [6.45, 7) is 0. The Labute approximate surface area is 142 Å². The third-order valence-electron chi connectivity index (χ3n) is 4.74. The number of nitrogens with zero attached hydrogens (tertiary/aromatic N) is 1. The maximum atomic E-state index is 14.3. The van der Waals surface area contributed by atoms with E-state index < -0.39 is 5.25 Å². The number of hydrogen-bond acceptors (Lipinski definition) is 3. The van der Waals surface area contributed by atoms with Crippen molar-refractivity contribution in [1.82, 2.24) is 9.78 Å². The van der Waals surface area contributed by atoms with Crippen LogP contribution in [0.25, 0.3) is 0 Å². The van der Waals surface area contributed by atoms with Crippen LogP contribution in [0.1, 0.15) is 48.1 Å². The number of H-pyrrole nitrogens is 1. The molecule has 1 aromatic carbocycles. The first-order valence-electron chi connectivity index (χ1n) is 8.15. The lowest BCUT2D eigenvalue weighted by atomic mass is 10.1. The van der Waals surface area contributed by atoms with Crippen molar-refractivity contribution < 1.29 is 9.18 Å². The maximum absolute atomic E-state index is 14.3. The molecule has 126 valence electrons. The van der Waals surface area contributed by atoms with E-state index in [2.05, 4.69) is 10.4 Å². The van der Waals surface area contributed by atoms with Crippen LogP contribution in [0.5, 0.6) is 0 Å². The highest BCUT2D eigenvalue weighted by molar-refractivity contribution is 8.00. The van der Waals surface area contributed by atoms with Crippen LogP contribution in [0.2, 0.25) is 0 Å². The molecule has 2 heterocycles. The number of carbonyl (C=O) groups excluding carboxylic acids is 1. The third-order valence-corrected chi connectivity index (χ3v) is 5.99. The van der Waals surface area contributed by atoms with Gasteiger partial charge in [-0.1, -0.05) is 31.0 Å². The topological polar surface area (TPSA) is 66.9 Å². The monoisotopic (exact) mass is 347 g/mol. The second-order valence-electron chi connectivity index (χ2n) is 6.27. The number of fused-ring (bicyclic) bond motifs is 1. The minimum Gasteiger partial charge on any atom is -0.310 e. The Balaban J connectivity index is 1.87. The van der Waals surface area contributed by atoms with Crippen LogP contribution in [-0.2, 0) is 4.79 Å². The summed E-state index contributed by atoms with van der Waals surface area (Å²) in [5.41, 5.74) is 0.637. The van der Waals surface area contributed by atoms with Crippen LogP contribution in [0.15, 0.2) is 29.1 Å². The Morgan fingerprint density at radius 2 is 1.92 bits per heavy atom. The Kier molecular flexibility index (Phi) is 3.96. The molecule has 1 aliphatic carbocycles. The van der Waals surface area contributed by atoms with Gasteiger partial charge in [-0.05, 0) is 18.9 Å². The van der Waals surface area contributed by atoms with E-state index in [0.717, 1.165) is 25.7 Å². The number of carbonyl (C=O) groups is 1. The van der Waals surface area contributed by atoms with E-state index in [-0.39, 0.29) is 29.1 Å². The lowest BCUT2D eigenvalue weighted by Crippen LogP contribution is -2.18. The van der Waals surface area contributed by atoms with Gasteiger partial charge in [-0.25, -0.2) is 4.39 Å². The van der Waals surface area contributed by atoms with Crippen LogP contribution < -0.4 is 10.9 Å². The van der Waals surface area contributed by atoms with Gasteiger partial charge in [0.2, 0.25) is 5.91 Å². The third kappa shape index (κ3) is 2.56. The van der Waals surface area contributed by atoms with E-state index in [1.807, 2.05) is 0 Å². The number of nitrogens with one attached hydrogen (secondary N) is 2. The molecule has 24 heavy (non-hydrogen) atoms. The molecule has 1 atom stereocenters. The minimum atomic E-state index is -0.494. The second kappa shape index (κ2) is 6.12. The summed E-state index contributed by atoms with van der Waals surface area (Å²) in [5.74, 6) is 0.182. The van der Waals surface area contributed by atoms with Gasteiger partial charge in [0.1, 0.15) is 11.6 Å². The fourth-order valence-electron chi connectivity index (χ4n) is 3.61. The van der Waals surface area contributed by atoms with Crippen LogP contribution in [0, 0.1) is 5.82 Å². The fourth-order valence-corrected chi connectivity index (χ4v) is 4.76. The van der Waals surface area contributed by atoms with E-state index in [4.69, 9.17) is 0 Å². The molecule has 4 rings (SSSR count). The first-order chi connectivity index (χ1) is 11.6. The van der Waals surface area contributed by atoms with Gasteiger partial charge in [0, 0.05) is 5.56 Å². The molecule has 7 heteroatoms. The molecular formula is C17H18FN3O2S. The molecule has 1 unspecified atom stereocenters. The largest absolute Gasteiger partial charge is 0.310 e. The van der Waals surface area contributed by atoms with Crippen molar-refractivity contribution in [3.63, 3.8) is 0 Å². The summed E-state index contributed by atoms with van der Waals surface area (Å²) >= 11 is 1.29.